The van der Waals surface area contributed by atoms with E-state index in [0.29, 0.717) is 23.4 Å². The SMILES string of the molecule is O=c1c2cc(O)ccc2nc(Cl)n1CC1CNC1. The summed E-state index contributed by atoms with van der Waals surface area (Å²) >= 11 is 6.04. The van der Waals surface area contributed by atoms with E-state index in [0.717, 1.165) is 13.1 Å². The van der Waals surface area contributed by atoms with Crippen molar-refractivity contribution in [2.45, 2.75) is 6.54 Å². The lowest BCUT2D eigenvalue weighted by Gasteiger charge is -2.27. The second-order valence-electron chi connectivity index (χ2n) is 4.52. The fraction of sp³-hybridized carbons (Fsp3) is 0.333. The molecule has 1 aliphatic rings. The predicted molar refractivity (Wildman–Crippen MR) is 69.0 cm³/mol. The van der Waals surface area contributed by atoms with E-state index in [4.69, 9.17) is 11.6 Å². The van der Waals surface area contributed by atoms with Crippen LogP contribution in [0, 0.1) is 5.92 Å². The van der Waals surface area contributed by atoms with E-state index in [1.807, 2.05) is 0 Å². The Morgan fingerprint density at radius 1 is 1.50 bits per heavy atom. The number of aromatic nitrogens is 2. The number of benzene rings is 1. The van der Waals surface area contributed by atoms with Crippen LogP contribution < -0.4 is 10.9 Å². The summed E-state index contributed by atoms with van der Waals surface area (Å²) in [6.07, 6.45) is 0. The average molecular weight is 266 g/mol. The molecule has 2 heterocycles. The van der Waals surface area contributed by atoms with Crippen molar-refractivity contribution in [2.24, 2.45) is 5.92 Å². The molecule has 0 bridgehead atoms. The Kier molecular flexibility index (Phi) is 2.72. The van der Waals surface area contributed by atoms with Crippen LogP contribution >= 0.6 is 11.6 Å². The molecule has 1 aromatic carbocycles. The molecule has 94 valence electrons. The Labute approximate surface area is 108 Å². The summed E-state index contributed by atoms with van der Waals surface area (Å²) in [7, 11) is 0. The van der Waals surface area contributed by atoms with E-state index in [2.05, 4.69) is 10.3 Å². The number of phenolic OH excluding ortho intramolecular Hbond substituents is 1. The van der Waals surface area contributed by atoms with E-state index in [1.165, 1.54) is 16.7 Å². The second-order valence-corrected chi connectivity index (χ2v) is 4.86. The first-order valence-corrected chi connectivity index (χ1v) is 6.13. The van der Waals surface area contributed by atoms with Gasteiger partial charge >= 0.3 is 0 Å². The van der Waals surface area contributed by atoms with Gasteiger partial charge in [-0.15, -0.1) is 0 Å². The Morgan fingerprint density at radius 3 is 2.94 bits per heavy atom. The fourth-order valence-corrected chi connectivity index (χ4v) is 2.31. The predicted octanol–water partition coefficient (Wildman–Crippen LogP) is 0.975. The maximum Gasteiger partial charge on any atom is 0.262 e. The highest BCUT2D eigenvalue weighted by Gasteiger charge is 2.20. The smallest absolute Gasteiger partial charge is 0.262 e. The molecule has 0 unspecified atom stereocenters. The summed E-state index contributed by atoms with van der Waals surface area (Å²) in [5.74, 6) is 0.470. The monoisotopic (exact) mass is 265 g/mol. The zero-order valence-electron chi connectivity index (χ0n) is 9.56. The van der Waals surface area contributed by atoms with Crippen molar-refractivity contribution in [1.82, 2.24) is 14.9 Å². The first-order chi connectivity index (χ1) is 8.65. The molecule has 1 aliphatic heterocycles. The number of phenols is 1. The van der Waals surface area contributed by atoms with Crippen molar-refractivity contribution in [3.05, 3.63) is 33.8 Å². The van der Waals surface area contributed by atoms with Crippen molar-refractivity contribution in [1.29, 1.82) is 0 Å². The van der Waals surface area contributed by atoms with E-state index < -0.39 is 0 Å². The largest absolute Gasteiger partial charge is 0.508 e. The molecule has 1 aromatic heterocycles. The Morgan fingerprint density at radius 2 is 2.28 bits per heavy atom. The molecule has 3 rings (SSSR count). The molecule has 0 aliphatic carbocycles. The van der Waals surface area contributed by atoms with Crippen LogP contribution in [-0.2, 0) is 6.54 Å². The number of aromatic hydroxyl groups is 1. The molecular weight excluding hydrogens is 254 g/mol. The standard InChI is InChI=1S/C12H12ClN3O2/c13-12-15-10-2-1-8(17)3-9(10)11(18)16(12)6-7-4-14-5-7/h1-3,7,14,17H,4-6H2. The summed E-state index contributed by atoms with van der Waals surface area (Å²) in [5, 5.41) is 13.2. The molecule has 0 atom stereocenters. The van der Waals surface area contributed by atoms with Gasteiger partial charge < -0.3 is 10.4 Å². The number of hydrogen-bond donors (Lipinski definition) is 2. The van der Waals surface area contributed by atoms with Gasteiger partial charge in [-0.05, 0) is 29.8 Å². The molecule has 0 saturated carbocycles. The maximum atomic E-state index is 12.3. The summed E-state index contributed by atoms with van der Waals surface area (Å²) in [4.78, 5) is 16.5. The Hall–Kier alpha value is -1.59. The molecule has 0 amide bonds. The van der Waals surface area contributed by atoms with E-state index in [-0.39, 0.29) is 16.6 Å². The van der Waals surface area contributed by atoms with Crippen LogP contribution in [0.5, 0.6) is 5.75 Å². The zero-order valence-corrected chi connectivity index (χ0v) is 10.3. The lowest BCUT2D eigenvalue weighted by Crippen LogP contribution is -2.45. The van der Waals surface area contributed by atoms with Gasteiger partial charge in [0.2, 0.25) is 5.28 Å². The molecule has 2 N–H and O–H groups in total. The molecule has 1 saturated heterocycles. The summed E-state index contributed by atoms with van der Waals surface area (Å²) in [6.45, 7) is 2.34. The van der Waals surface area contributed by atoms with Crippen LogP contribution in [-0.4, -0.2) is 27.7 Å². The maximum absolute atomic E-state index is 12.3. The lowest BCUT2D eigenvalue weighted by atomic mass is 10.0. The van der Waals surface area contributed by atoms with Gasteiger partial charge in [-0.1, -0.05) is 0 Å². The van der Waals surface area contributed by atoms with Crippen LogP contribution in [0.1, 0.15) is 0 Å². The molecule has 5 nitrogen and oxygen atoms in total. The molecule has 1 fully saturated rings. The van der Waals surface area contributed by atoms with Gasteiger partial charge in [-0.2, -0.15) is 0 Å². The van der Waals surface area contributed by atoms with Crippen LogP contribution in [0.3, 0.4) is 0 Å². The van der Waals surface area contributed by atoms with Gasteiger partial charge in [0.1, 0.15) is 5.75 Å². The van der Waals surface area contributed by atoms with Gasteiger partial charge in [0.05, 0.1) is 10.9 Å². The third-order valence-corrected chi connectivity index (χ3v) is 3.49. The fourth-order valence-electron chi connectivity index (χ4n) is 2.08. The highest BCUT2D eigenvalue weighted by Crippen LogP contribution is 2.18. The van der Waals surface area contributed by atoms with Gasteiger partial charge in [0, 0.05) is 25.6 Å². The molecular formula is C12H12ClN3O2. The van der Waals surface area contributed by atoms with Gasteiger partial charge in [-0.3, -0.25) is 9.36 Å². The first kappa shape index (κ1) is 11.5. The van der Waals surface area contributed by atoms with Gasteiger partial charge in [0.15, 0.2) is 0 Å². The van der Waals surface area contributed by atoms with Gasteiger partial charge in [0.25, 0.3) is 5.56 Å². The molecule has 0 radical (unpaired) electrons. The summed E-state index contributed by atoms with van der Waals surface area (Å²) in [5.41, 5.74) is 0.304. The Bertz CT molecular complexity index is 664. The Balaban J connectivity index is 2.15. The number of halogens is 1. The van der Waals surface area contributed by atoms with Crippen LogP contribution in [0.2, 0.25) is 5.28 Å². The van der Waals surface area contributed by atoms with Crippen LogP contribution in [0.15, 0.2) is 23.0 Å². The van der Waals surface area contributed by atoms with Crippen LogP contribution in [0.25, 0.3) is 10.9 Å². The average Bonchev–Trinajstić information content (AvgIpc) is 2.28. The third kappa shape index (κ3) is 1.85. The highest BCUT2D eigenvalue weighted by atomic mass is 35.5. The highest BCUT2D eigenvalue weighted by molar-refractivity contribution is 6.28. The van der Waals surface area contributed by atoms with E-state index in [1.54, 1.807) is 6.07 Å². The number of nitrogens with one attached hydrogen (secondary N) is 1. The molecule has 6 heteroatoms. The van der Waals surface area contributed by atoms with E-state index >= 15 is 0 Å². The summed E-state index contributed by atoms with van der Waals surface area (Å²) in [6, 6.07) is 4.51. The molecule has 18 heavy (non-hydrogen) atoms. The molecule has 0 spiro atoms. The van der Waals surface area contributed by atoms with E-state index in [9.17, 15) is 9.90 Å². The summed E-state index contributed by atoms with van der Waals surface area (Å²) < 4.78 is 1.47. The number of rotatable bonds is 2. The zero-order chi connectivity index (χ0) is 12.7. The van der Waals surface area contributed by atoms with Crippen molar-refractivity contribution in [3.8, 4) is 5.75 Å². The van der Waals surface area contributed by atoms with Crippen LogP contribution in [0.4, 0.5) is 0 Å². The normalized spacial score (nSPS) is 15.8. The minimum Gasteiger partial charge on any atom is -0.508 e. The van der Waals surface area contributed by atoms with Crippen molar-refractivity contribution in [2.75, 3.05) is 13.1 Å². The van der Waals surface area contributed by atoms with Gasteiger partial charge in [-0.25, -0.2) is 4.98 Å². The number of hydrogen-bond acceptors (Lipinski definition) is 4. The topological polar surface area (TPSA) is 67.1 Å². The van der Waals surface area contributed by atoms with Crippen molar-refractivity contribution >= 4 is 22.5 Å². The first-order valence-electron chi connectivity index (χ1n) is 5.75. The second kappa shape index (κ2) is 4.26. The minimum atomic E-state index is -0.201. The minimum absolute atomic E-state index is 0.0561. The lowest BCUT2D eigenvalue weighted by molar-refractivity contribution is 0.303. The number of nitrogens with zero attached hydrogens (tertiary/aromatic N) is 2. The number of fused-ring (bicyclic) bond motifs is 1. The van der Waals surface area contributed by atoms with Crippen molar-refractivity contribution in [3.63, 3.8) is 0 Å². The third-order valence-electron chi connectivity index (χ3n) is 3.20. The molecule has 2 aromatic rings. The van der Waals surface area contributed by atoms with Crippen molar-refractivity contribution < 1.29 is 5.11 Å². The quantitative estimate of drug-likeness (QED) is 0.795.